The van der Waals surface area contributed by atoms with E-state index in [2.05, 4.69) is 9.97 Å². The van der Waals surface area contributed by atoms with E-state index >= 15 is 0 Å². The van der Waals surface area contributed by atoms with E-state index in [1.165, 1.54) is 13.2 Å². The molecule has 0 atom stereocenters. The predicted molar refractivity (Wildman–Crippen MR) is 42.6 cm³/mol. The van der Waals surface area contributed by atoms with Gasteiger partial charge in [-0.05, 0) is 12.1 Å². The molecule has 0 fully saturated rings. The second kappa shape index (κ2) is 2.48. The van der Waals surface area contributed by atoms with Crippen LogP contribution in [0.4, 0.5) is 4.39 Å². The van der Waals surface area contributed by atoms with Gasteiger partial charge in [0.05, 0.1) is 12.6 Å². The molecule has 0 saturated carbocycles. The molecule has 1 heterocycles. The summed E-state index contributed by atoms with van der Waals surface area (Å²) in [5, 5.41) is 0. The molecule has 2 aromatic rings. The Hall–Kier alpha value is -1.58. The molecule has 0 saturated heterocycles. The Labute approximate surface area is 68.2 Å². The van der Waals surface area contributed by atoms with Crippen molar-refractivity contribution in [3.05, 3.63) is 24.0 Å². The Balaban J connectivity index is 2.74. The highest BCUT2D eigenvalue weighted by atomic mass is 19.1. The molecule has 0 radical (unpaired) electrons. The number of imidazole rings is 1. The van der Waals surface area contributed by atoms with Crippen LogP contribution in [0.25, 0.3) is 11.0 Å². The molecule has 0 bridgehead atoms. The number of fused-ring (bicyclic) bond motifs is 1. The van der Waals surface area contributed by atoms with Crippen LogP contribution < -0.4 is 4.74 Å². The van der Waals surface area contributed by atoms with Crippen LogP contribution in [0.15, 0.2) is 18.2 Å². The van der Waals surface area contributed by atoms with E-state index in [1.54, 1.807) is 12.1 Å². The lowest BCUT2D eigenvalue weighted by atomic mass is 10.3. The number of aromatic nitrogens is 2. The van der Waals surface area contributed by atoms with E-state index in [4.69, 9.17) is 4.74 Å². The molecule has 0 amide bonds. The van der Waals surface area contributed by atoms with E-state index in [0.29, 0.717) is 17.0 Å². The SMILES string of the molecule is COc1nc2c(F)cccc2[nH]1. The van der Waals surface area contributed by atoms with Gasteiger partial charge in [0, 0.05) is 0 Å². The number of benzene rings is 1. The molecular weight excluding hydrogens is 159 g/mol. The van der Waals surface area contributed by atoms with Crippen molar-refractivity contribution >= 4 is 11.0 Å². The monoisotopic (exact) mass is 166 g/mol. The van der Waals surface area contributed by atoms with Gasteiger partial charge in [-0.25, -0.2) is 4.39 Å². The Morgan fingerprint density at radius 3 is 3.00 bits per heavy atom. The molecule has 1 aromatic carbocycles. The summed E-state index contributed by atoms with van der Waals surface area (Å²) in [6.45, 7) is 0. The lowest BCUT2D eigenvalue weighted by molar-refractivity contribution is 0.385. The largest absolute Gasteiger partial charge is 0.468 e. The number of ether oxygens (including phenoxy) is 1. The Bertz CT molecular complexity index is 410. The standard InChI is InChI=1S/C8H7FN2O/c1-12-8-10-6-4-2-3-5(9)7(6)11-8/h2-4H,1H3,(H,10,11). The summed E-state index contributed by atoms with van der Waals surface area (Å²) in [6, 6.07) is 5.06. The summed E-state index contributed by atoms with van der Waals surface area (Å²) in [5.41, 5.74) is 0.959. The van der Waals surface area contributed by atoms with Gasteiger partial charge in [-0.3, -0.25) is 0 Å². The highest BCUT2D eigenvalue weighted by molar-refractivity contribution is 5.76. The van der Waals surface area contributed by atoms with Crippen LogP contribution in [0.2, 0.25) is 0 Å². The number of nitrogens with one attached hydrogen (secondary N) is 1. The number of hydrogen-bond acceptors (Lipinski definition) is 2. The Kier molecular flexibility index (Phi) is 1.46. The van der Waals surface area contributed by atoms with Crippen LogP contribution >= 0.6 is 0 Å². The third-order valence-electron chi connectivity index (χ3n) is 1.64. The van der Waals surface area contributed by atoms with Crippen LogP contribution in [-0.4, -0.2) is 17.1 Å². The van der Waals surface area contributed by atoms with Gasteiger partial charge in [0.25, 0.3) is 6.01 Å². The number of rotatable bonds is 1. The zero-order chi connectivity index (χ0) is 8.55. The normalized spacial score (nSPS) is 10.5. The average molecular weight is 166 g/mol. The smallest absolute Gasteiger partial charge is 0.294 e. The van der Waals surface area contributed by atoms with E-state index < -0.39 is 0 Å². The summed E-state index contributed by atoms with van der Waals surface area (Å²) >= 11 is 0. The molecule has 2 rings (SSSR count). The van der Waals surface area contributed by atoms with Crippen molar-refractivity contribution in [2.45, 2.75) is 0 Å². The third kappa shape index (κ3) is 0.922. The maximum absolute atomic E-state index is 13.0. The van der Waals surface area contributed by atoms with Gasteiger partial charge in [0.1, 0.15) is 5.52 Å². The van der Waals surface area contributed by atoms with Crippen LogP contribution in [0.1, 0.15) is 0 Å². The Morgan fingerprint density at radius 1 is 1.50 bits per heavy atom. The van der Waals surface area contributed by atoms with Crippen molar-refractivity contribution in [1.82, 2.24) is 9.97 Å². The van der Waals surface area contributed by atoms with Crippen LogP contribution in [0, 0.1) is 5.82 Å². The molecule has 0 aliphatic rings. The zero-order valence-electron chi connectivity index (χ0n) is 6.47. The summed E-state index contributed by atoms with van der Waals surface area (Å²) in [4.78, 5) is 6.69. The van der Waals surface area contributed by atoms with Gasteiger partial charge < -0.3 is 9.72 Å². The minimum atomic E-state index is -0.341. The Morgan fingerprint density at radius 2 is 2.33 bits per heavy atom. The second-order valence-corrected chi connectivity index (χ2v) is 2.38. The highest BCUT2D eigenvalue weighted by Gasteiger charge is 2.05. The van der Waals surface area contributed by atoms with E-state index in [0.717, 1.165) is 0 Å². The van der Waals surface area contributed by atoms with Gasteiger partial charge in [-0.2, -0.15) is 4.98 Å². The topological polar surface area (TPSA) is 37.9 Å². The van der Waals surface area contributed by atoms with E-state index in [9.17, 15) is 4.39 Å². The van der Waals surface area contributed by atoms with Crippen LogP contribution in [0.5, 0.6) is 6.01 Å². The lowest BCUT2D eigenvalue weighted by Crippen LogP contribution is -1.82. The fourth-order valence-electron chi connectivity index (χ4n) is 1.07. The molecule has 1 N–H and O–H groups in total. The van der Waals surface area contributed by atoms with Gasteiger partial charge in [0.15, 0.2) is 5.82 Å². The zero-order valence-corrected chi connectivity index (χ0v) is 6.47. The van der Waals surface area contributed by atoms with E-state index in [-0.39, 0.29) is 5.82 Å². The first kappa shape index (κ1) is 7.09. The first-order chi connectivity index (χ1) is 5.81. The number of hydrogen-bond donors (Lipinski definition) is 1. The fraction of sp³-hybridized carbons (Fsp3) is 0.125. The van der Waals surface area contributed by atoms with Crippen LogP contribution in [0.3, 0.4) is 0 Å². The number of H-pyrrole nitrogens is 1. The number of aromatic amines is 1. The maximum atomic E-state index is 13.0. The fourth-order valence-corrected chi connectivity index (χ4v) is 1.07. The minimum absolute atomic E-state index is 0.314. The summed E-state index contributed by atoms with van der Waals surface area (Å²) < 4.78 is 17.8. The van der Waals surface area contributed by atoms with Gasteiger partial charge in [-0.1, -0.05) is 6.07 Å². The highest BCUT2D eigenvalue weighted by Crippen LogP contribution is 2.17. The number of methoxy groups -OCH3 is 1. The minimum Gasteiger partial charge on any atom is -0.468 e. The predicted octanol–water partition coefficient (Wildman–Crippen LogP) is 1.71. The van der Waals surface area contributed by atoms with Crippen molar-refractivity contribution in [1.29, 1.82) is 0 Å². The van der Waals surface area contributed by atoms with Crippen molar-refractivity contribution in [2.75, 3.05) is 7.11 Å². The van der Waals surface area contributed by atoms with Crippen LogP contribution in [-0.2, 0) is 0 Å². The molecule has 0 unspecified atom stereocenters. The number of halogens is 1. The number of nitrogens with zero attached hydrogens (tertiary/aromatic N) is 1. The summed E-state index contributed by atoms with van der Waals surface area (Å²) in [5.74, 6) is -0.341. The molecule has 0 aliphatic carbocycles. The van der Waals surface area contributed by atoms with Gasteiger partial charge in [-0.15, -0.1) is 0 Å². The molecule has 62 valence electrons. The quantitative estimate of drug-likeness (QED) is 0.700. The number of para-hydroxylation sites is 1. The molecule has 0 aliphatic heterocycles. The third-order valence-corrected chi connectivity index (χ3v) is 1.64. The first-order valence-corrected chi connectivity index (χ1v) is 3.49. The molecule has 1 aromatic heterocycles. The van der Waals surface area contributed by atoms with E-state index in [1.807, 2.05) is 0 Å². The molecular formula is C8H7FN2O. The molecule has 3 nitrogen and oxygen atoms in total. The molecule has 4 heteroatoms. The average Bonchev–Trinajstić information content (AvgIpc) is 2.49. The molecule has 12 heavy (non-hydrogen) atoms. The summed E-state index contributed by atoms with van der Waals surface area (Å²) in [6.07, 6.45) is 0. The van der Waals surface area contributed by atoms with Crippen molar-refractivity contribution in [2.24, 2.45) is 0 Å². The summed E-state index contributed by atoms with van der Waals surface area (Å²) in [7, 11) is 1.48. The van der Waals surface area contributed by atoms with Gasteiger partial charge in [0.2, 0.25) is 0 Å². The van der Waals surface area contributed by atoms with Crippen molar-refractivity contribution in [3.63, 3.8) is 0 Å². The first-order valence-electron chi connectivity index (χ1n) is 3.49. The second-order valence-electron chi connectivity index (χ2n) is 2.38. The van der Waals surface area contributed by atoms with Crippen molar-refractivity contribution in [3.8, 4) is 6.01 Å². The van der Waals surface area contributed by atoms with Crippen molar-refractivity contribution < 1.29 is 9.13 Å². The van der Waals surface area contributed by atoms with Gasteiger partial charge >= 0.3 is 0 Å². The maximum Gasteiger partial charge on any atom is 0.294 e. The lowest BCUT2D eigenvalue weighted by Gasteiger charge is -1.86. The molecule has 0 spiro atoms.